The normalized spacial score (nSPS) is 18.1. The van der Waals surface area contributed by atoms with E-state index < -0.39 is 0 Å². The molecule has 0 saturated carbocycles. The molecule has 0 N–H and O–H groups in total. The number of aryl methyl sites for hydroxylation is 4. The molecule has 1 aliphatic heterocycles. The summed E-state index contributed by atoms with van der Waals surface area (Å²) in [4.78, 5) is 24.8. The van der Waals surface area contributed by atoms with Gasteiger partial charge in [-0.25, -0.2) is 9.97 Å². The maximum Gasteiger partial charge on any atom is 0.222 e. The van der Waals surface area contributed by atoms with E-state index in [0.29, 0.717) is 12.3 Å². The molecule has 0 radical (unpaired) electrons. The van der Waals surface area contributed by atoms with Gasteiger partial charge in [-0.15, -0.1) is 11.3 Å². The van der Waals surface area contributed by atoms with Crippen LogP contribution < -0.4 is 0 Å². The van der Waals surface area contributed by atoms with Crippen molar-refractivity contribution in [3.8, 4) is 0 Å². The average Bonchev–Trinajstić information content (AvgIpc) is 3.13. The molecule has 6 heteroatoms. The van der Waals surface area contributed by atoms with Gasteiger partial charge in [0.2, 0.25) is 5.91 Å². The number of nitrogens with zero attached hydrogens (tertiary/aromatic N) is 4. The second kappa shape index (κ2) is 7.47. The van der Waals surface area contributed by atoms with Crippen LogP contribution in [-0.2, 0) is 11.3 Å². The number of imidazole rings is 1. The molecule has 0 bridgehead atoms. The summed E-state index contributed by atoms with van der Waals surface area (Å²) < 4.78 is 2.10. The van der Waals surface area contributed by atoms with Crippen LogP contribution in [0.25, 0.3) is 0 Å². The van der Waals surface area contributed by atoms with E-state index in [-0.39, 0.29) is 5.91 Å². The number of aromatic nitrogens is 3. The number of piperidine rings is 1. The molecule has 1 fully saturated rings. The number of likely N-dealkylation sites (tertiary alicyclic amines) is 1. The molecule has 3 rings (SSSR count). The zero-order valence-electron chi connectivity index (χ0n) is 14.8. The molecule has 0 aliphatic carbocycles. The lowest BCUT2D eigenvalue weighted by atomic mass is 9.98. The largest absolute Gasteiger partial charge is 0.342 e. The molecule has 3 heterocycles. The van der Waals surface area contributed by atoms with Crippen molar-refractivity contribution in [3.63, 3.8) is 0 Å². The highest BCUT2D eigenvalue weighted by atomic mass is 32.1. The predicted molar refractivity (Wildman–Crippen MR) is 96.3 cm³/mol. The second-order valence-electron chi connectivity index (χ2n) is 6.64. The third-order valence-electron chi connectivity index (χ3n) is 4.88. The van der Waals surface area contributed by atoms with E-state index in [4.69, 9.17) is 4.98 Å². The molecule has 1 amide bonds. The Morgan fingerprint density at radius 3 is 2.88 bits per heavy atom. The summed E-state index contributed by atoms with van der Waals surface area (Å²) in [6.07, 6.45) is 7.49. The van der Waals surface area contributed by atoms with E-state index in [2.05, 4.69) is 23.4 Å². The van der Waals surface area contributed by atoms with E-state index in [1.807, 2.05) is 24.2 Å². The number of carbonyl (C=O) groups excluding carboxylic acids is 1. The lowest BCUT2D eigenvalue weighted by Gasteiger charge is -2.32. The van der Waals surface area contributed by atoms with E-state index >= 15 is 0 Å². The van der Waals surface area contributed by atoms with Crippen molar-refractivity contribution < 1.29 is 4.79 Å². The van der Waals surface area contributed by atoms with Crippen molar-refractivity contribution in [2.75, 3.05) is 13.1 Å². The quantitative estimate of drug-likeness (QED) is 0.833. The first kappa shape index (κ1) is 17.1. The highest BCUT2D eigenvalue weighted by Crippen LogP contribution is 2.31. The first-order valence-corrected chi connectivity index (χ1v) is 9.55. The van der Waals surface area contributed by atoms with Gasteiger partial charge in [-0.3, -0.25) is 4.79 Å². The number of thiazole rings is 1. The van der Waals surface area contributed by atoms with Crippen LogP contribution in [0.15, 0.2) is 12.4 Å². The number of amides is 1. The van der Waals surface area contributed by atoms with Crippen LogP contribution in [0, 0.1) is 20.8 Å². The van der Waals surface area contributed by atoms with Gasteiger partial charge in [0.05, 0.1) is 10.7 Å². The van der Waals surface area contributed by atoms with Crippen molar-refractivity contribution in [1.29, 1.82) is 0 Å². The minimum absolute atomic E-state index is 0.280. The Morgan fingerprint density at radius 1 is 1.38 bits per heavy atom. The van der Waals surface area contributed by atoms with Crippen molar-refractivity contribution in [2.45, 2.75) is 58.9 Å². The summed E-state index contributed by atoms with van der Waals surface area (Å²) in [6.45, 7) is 8.77. The van der Waals surface area contributed by atoms with Crippen LogP contribution >= 0.6 is 11.3 Å². The first-order chi connectivity index (χ1) is 11.5. The van der Waals surface area contributed by atoms with E-state index in [9.17, 15) is 4.79 Å². The van der Waals surface area contributed by atoms with Crippen LogP contribution in [0.5, 0.6) is 0 Å². The van der Waals surface area contributed by atoms with Crippen LogP contribution in [-0.4, -0.2) is 38.4 Å². The van der Waals surface area contributed by atoms with E-state index in [1.54, 1.807) is 11.3 Å². The Hall–Kier alpha value is -1.69. The van der Waals surface area contributed by atoms with Gasteiger partial charge < -0.3 is 9.47 Å². The van der Waals surface area contributed by atoms with Gasteiger partial charge in [-0.2, -0.15) is 0 Å². The minimum atomic E-state index is 0.280. The molecule has 2 aromatic rings. The zero-order chi connectivity index (χ0) is 17.1. The highest BCUT2D eigenvalue weighted by Gasteiger charge is 2.26. The van der Waals surface area contributed by atoms with Gasteiger partial charge in [0, 0.05) is 49.2 Å². The maximum atomic E-state index is 12.5. The third-order valence-corrected chi connectivity index (χ3v) is 6.12. The van der Waals surface area contributed by atoms with Gasteiger partial charge in [-0.05, 0) is 40.0 Å². The summed E-state index contributed by atoms with van der Waals surface area (Å²) in [5.74, 6) is 1.70. The molecule has 1 atom stereocenters. The fourth-order valence-corrected chi connectivity index (χ4v) is 4.32. The van der Waals surface area contributed by atoms with Crippen LogP contribution in [0.1, 0.15) is 53.0 Å². The van der Waals surface area contributed by atoms with Crippen molar-refractivity contribution in [2.24, 2.45) is 0 Å². The Balaban J connectivity index is 1.52. The van der Waals surface area contributed by atoms with Gasteiger partial charge in [0.1, 0.15) is 5.82 Å². The monoisotopic (exact) mass is 346 g/mol. The molecule has 0 aromatic carbocycles. The summed E-state index contributed by atoms with van der Waals surface area (Å²) in [6, 6.07) is 0. The topological polar surface area (TPSA) is 51.0 Å². The van der Waals surface area contributed by atoms with Crippen molar-refractivity contribution >= 4 is 17.2 Å². The molecular formula is C18H26N4OS. The molecule has 5 nitrogen and oxygen atoms in total. The maximum absolute atomic E-state index is 12.5. The zero-order valence-corrected chi connectivity index (χ0v) is 15.6. The fraction of sp³-hybridized carbons (Fsp3) is 0.611. The molecule has 130 valence electrons. The van der Waals surface area contributed by atoms with Gasteiger partial charge in [0.25, 0.3) is 0 Å². The van der Waals surface area contributed by atoms with E-state index in [0.717, 1.165) is 50.4 Å². The lowest BCUT2D eigenvalue weighted by Crippen LogP contribution is -2.39. The number of hydrogen-bond donors (Lipinski definition) is 0. The average molecular weight is 347 g/mol. The number of carbonyl (C=O) groups is 1. The standard InChI is InChI=1S/C18H26N4OS/c1-13-14(2)24-18(20-13)16-6-4-10-22(12-16)17(23)7-5-9-21-11-8-19-15(21)3/h8,11,16H,4-7,9-10,12H2,1-3H3/t16-/m0/s1. The Bertz CT molecular complexity index is 686. The Kier molecular flexibility index (Phi) is 5.33. The molecule has 1 saturated heterocycles. The predicted octanol–water partition coefficient (Wildman–Crippen LogP) is 3.45. The van der Waals surface area contributed by atoms with Gasteiger partial charge in [0.15, 0.2) is 0 Å². The molecule has 24 heavy (non-hydrogen) atoms. The summed E-state index contributed by atoms with van der Waals surface area (Å²) >= 11 is 1.79. The SMILES string of the molecule is Cc1nc([C@H]2CCCN(C(=O)CCCn3ccnc3C)C2)sc1C. The van der Waals surface area contributed by atoms with E-state index in [1.165, 1.54) is 9.88 Å². The summed E-state index contributed by atoms with van der Waals surface area (Å²) in [5, 5.41) is 1.21. The molecule has 0 unspecified atom stereocenters. The second-order valence-corrected chi connectivity index (χ2v) is 7.88. The smallest absolute Gasteiger partial charge is 0.222 e. The summed E-state index contributed by atoms with van der Waals surface area (Å²) in [7, 11) is 0. The lowest BCUT2D eigenvalue weighted by molar-refractivity contribution is -0.132. The van der Waals surface area contributed by atoms with Crippen molar-refractivity contribution in [1.82, 2.24) is 19.4 Å². The number of rotatable bonds is 5. The molecule has 1 aliphatic rings. The fourth-order valence-electron chi connectivity index (χ4n) is 3.28. The Labute approximate surface area is 147 Å². The first-order valence-electron chi connectivity index (χ1n) is 8.74. The number of hydrogen-bond acceptors (Lipinski definition) is 4. The van der Waals surface area contributed by atoms with Crippen molar-refractivity contribution in [3.05, 3.63) is 33.8 Å². The third kappa shape index (κ3) is 3.86. The van der Waals surface area contributed by atoms with Crippen LogP contribution in [0.2, 0.25) is 0 Å². The van der Waals surface area contributed by atoms with Gasteiger partial charge in [-0.1, -0.05) is 0 Å². The Morgan fingerprint density at radius 2 is 2.21 bits per heavy atom. The summed E-state index contributed by atoms with van der Waals surface area (Å²) in [5.41, 5.74) is 1.13. The van der Waals surface area contributed by atoms with Crippen LogP contribution in [0.3, 0.4) is 0 Å². The molecule has 0 spiro atoms. The molecule has 2 aromatic heterocycles. The highest BCUT2D eigenvalue weighted by molar-refractivity contribution is 7.11. The van der Waals surface area contributed by atoms with Crippen LogP contribution in [0.4, 0.5) is 0 Å². The minimum Gasteiger partial charge on any atom is -0.342 e. The molecular weight excluding hydrogens is 320 g/mol. The van der Waals surface area contributed by atoms with Gasteiger partial charge >= 0.3 is 0 Å².